The number of halogens is 1. The molecule has 0 heterocycles. The summed E-state index contributed by atoms with van der Waals surface area (Å²) < 4.78 is 16.9. The number of thioether (sulfide) groups is 1. The average Bonchev–Trinajstić information content (AvgIpc) is 2.29. The quantitative estimate of drug-likeness (QED) is 0.595. The normalized spacial score (nSPS) is 11.3. The Balaban J connectivity index is 2.78. The van der Waals surface area contributed by atoms with Crippen molar-refractivity contribution < 1.29 is 13.9 Å². The molecule has 1 aromatic rings. The highest BCUT2D eigenvalue weighted by molar-refractivity contribution is 8.01. The van der Waals surface area contributed by atoms with Crippen LogP contribution in [0, 0.1) is 0 Å². The van der Waals surface area contributed by atoms with Crippen LogP contribution in [0.3, 0.4) is 0 Å². The fraction of sp³-hybridized carbons (Fsp3) is 0.462. The monoisotopic (exact) mass is 256 g/mol. The molecule has 0 amide bonds. The Kier molecular flexibility index (Phi) is 5.00. The Morgan fingerprint density at radius 1 is 1.47 bits per heavy atom. The summed E-state index contributed by atoms with van der Waals surface area (Å²) in [5.74, 6) is -0.254. The summed E-state index contributed by atoms with van der Waals surface area (Å²) in [5, 5.41) is 0. The Labute approximate surface area is 106 Å². The minimum Gasteiger partial charge on any atom is -0.465 e. The maximum atomic E-state index is 12.5. The first kappa shape index (κ1) is 14.0. The number of ether oxygens (including phenoxy) is 1. The maximum absolute atomic E-state index is 12.5. The van der Waals surface area contributed by atoms with Crippen molar-refractivity contribution in [2.24, 2.45) is 0 Å². The van der Waals surface area contributed by atoms with E-state index in [1.54, 1.807) is 39.0 Å². The second kappa shape index (κ2) is 6.05. The van der Waals surface area contributed by atoms with Gasteiger partial charge in [-0.3, -0.25) is 4.79 Å². The topological polar surface area (TPSA) is 26.3 Å². The van der Waals surface area contributed by atoms with Crippen molar-refractivity contribution in [2.75, 3.05) is 6.61 Å². The van der Waals surface area contributed by atoms with Crippen LogP contribution in [-0.4, -0.2) is 17.3 Å². The van der Waals surface area contributed by atoms with Crippen LogP contribution >= 0.6 is 11.8 Å². The van der Waals surface area contributed by atoms with Crippen LogP contribution in [0.15, 0.2) is 29.2 Å². The SMILES string of the molecule is CCOC(=O)C(C)(C)Sc1cccc(CF)c1. The second-order valence-corrected chi connectivity index (χ2v) is 5.81. The number of carbonyl (C=O) groups excluding carboxylic acids is 1. The molecular formula is C13H17FO2S. The van der Waals surface area contributed by atoms with Gasteiger partial charge in [-0.1, -0.05) is 12.1 Å². The highest BCUT2D eigenvalue weighted by Crippen LogP contribution is 2.33. The summed E-state index contributed by atoms with van der Waals surface area (Å²) in [5.41, 5.74) is 0.620. The van der Waals surface area contributed by atoms with Gasteiger partial charge in [0.05, 0.1) is 6.61 Å². The van der Waals surface area contributed by atoms with Crippen LogP contribution in [0.2, 0.25) is 0 Å². The van der Waals surface area contributed by atoms with Gasteiger partial charge in [-0.05, 0) is 38.5 Å². The molecule has 0 spiro atoms. The minimum atomic E-state index is -0.662. The van der Waals surface area contributed by atoms with E-state index >= 15 is 0 Å². The number of hydrogen-bond acceptors (Lipinski definition) is 3. The molecule has 0 fully saturated rings. The molecule has 0 saturated heterocycles. The molecule has 0 atom stereocenters. The smallest absolute Gasteiger partial charge is 0.321 e. The van der Waals surface area contributed by atoms with Crippen molar-refractivity contribution in [3.8, 4) is 0 Å². The van der Waals surface area contributed by atoms with E-state index in [0.29, 0.717) is 12.2 Å². The molecule has 0 N–H and O–H groups in total. The van der Waals surface area contributed by atoms with Gasteiger partial charge in [0, 0.05) is 4.90 Å². The largest absolute Gasteiger partial charge is 0.465 e. The van der Waals surface area contributed by atoms with Crippen LogP contribution in [-0.2, 0) is 16.2 Å². The van der Waals surface area contributed by atoms with Crippen molar-refractivity contribution in [3.63, 3.8) is 0 Å². The highest BCUT2D eigenvalue weighted by atomic mass is 32.2. The van der Waals surface area contributed by atoms with Gasteiger partial charge in [0.2, 0.25) is 0 Å². The summed E-state index contributed by atoms with van der Waals surface area (Å²) in [6.45, 7) is 5.26. The van der Waals surface area contributed by atoms with Crippen molar-refractivity contribution in [2.45, 2.75) is 37.1 Å². The Morgan fingerprint density at radius 2 is 2.18 bits per heavy atom. The van der Waals surface area contributed by atoms with Crippen LogP contribution in [0.5, 0.6) is 0 Å². The van der Waals surface area contributed by atoms with E-state index in [1.807, 2.05) is 6.07 Å². The number of hydrogen-bond donors (Lipinski definition) is 0. The van der Waals surface area contributed by atoms with Gasteiger partial charge in [0.15, 0.2) is 0 Å². The first-order chi connectivity index (χ1) is 7.99. The molecule has 2 nitrogen and oxygen atoms in total. The molecule has 0 bridgehead atoms. The van der Waals surface area contributed by atoms with Crippen LogP contribution in [0.1, 0.15) is 26.3 Å². The molecule has 0 saturated carbocycles. The zero-order valence-corrected chi connectivity index (χ0v) is 11.1. The summed E-state index contributed by atoms with van der Waals surface area (Å²) in [6, 6.07) is 7.14. The zero-order valence-electron chi connectivity index (χ0n) is 10.3. The second-order valence-electron chi connectivity index (χ2n) is 4.11. The van der Waals surface area contributed by atoms with Gasteiger partial charge in [-0.2, -0.15) is 0 Å². The molecule has 0 aliphatic carbocycles. The van der Waals surface area contributed by atoms with Crippen molar-refractivity contribution in [1.29, 1.82) is 0 Å². The van der Waals surface area contributed by atoms with Crippen molar-refractivity contribution in [3.05, 3.63) is 29.8 Å². The van der Waals surface area contributed by atoms with Crippen molar-refractivity contribution in [1.82, 2.24) is 0 Å². The number of benzene rings is 1. The summed E-state index contributed by atoms with van der Waals surface area (Å²) in [6.07, 6.45) is 0. The van der Waals surface area contributed by atoms with Crippen molar-refractivity contribution >= 4 is 17.7 Å². The first-order valence-corrected chi connectivity index (χ1v) is 6.32. The third kappa shape index (κ3) is 4.04. The Hall–Kier alpha value is -1.03. The lowest BCUT2D eigenvalue weighted by Gasteiger charge is -2.21. The summed E-state index contributed by atoms with van der Waals surface area (Å²) in [7, 11) is 0. The van der Waals surface area contributed by atoms with Gasteiger partial charge in [0.25, 0.3) is 0 Å². The van der Waals surface area contributed by atoms with Gasteiger partial charge in [0.1, 0.15) is 11.4 Å². The Bertz CT molecular complexity index is 391. The van der Waals surface area contributed by atoms with E-state index in [1.165, 1.54) is 11.8 Å². The molecule has 94 valence electrons. The van der Waals surface area contributed by atoms with E-state index in [-0.39, 0.29) is 5.97 Å². The van der Waals surface area contributed by atoms with Crippen LogP contribution < -0.4 is 0 Å². The highest BCUT2D eigenvalue weighted by Gasteiger charge is 2.30. The molecule has 0 radical (unpaired) electrons. The van der Waals surface area contributed by atoms with Crippen LogP contribution in [0.25, 0.3) is 0 Å². The third-order valence-electron chi connectivity index (χ3n) is 2.19. The van der Waals surface area contributed by atoms with Gasteiger partial charge in [-0.15, -0.1) is 11.8 Å². The Morgan fingerprint density at radius 3 is 2.76 bits per heavy atom. The van der Waals surface area contributed by atoms with E-state index in [2.05, 4.69) is 0 Å². The molecule has 4 heteroatoms. The van der Waals surface area contributed by atoms with E-state index < -0.39 is 11.4 Å². The molecular weight excluding hydrogens is 239 g/mol. The van der Waals surface area contributed by atoms with Gasteiger partial charge in [-0.25, -0.2) is 4.39 Å². The minimum absolute atomic E-state index is 0.254. The molecule has 1 rings (SSSR count). The third-order valence-corrected chi connectivity index (χ3v) is 3.36. The average molecular weight is 256 g/mol. The van der Waals surface area contributed by atoms with Gasteiger partial charge < -0.3 is 4.74 Å². The predicted molar refractivity (Wildman–Crippen MR) is 67.8 cm³/mol. The van der Waals surface area contributed by atoms with E-state index in [4.69, 9.17) is 4.74 Å². The molecule has 0 aliphatic heterocycles. The molecule has 0 aliphatic rings. The van der Waals surface area contributed by atoms with E-state index in [0.717, 1.165) is 4.90 Å². The molecule has 0 aromatic heterocycles. The fourth-order valence-electron chi connectivity index (χ4n) is 1.33. The number of alkyl halides is 1. The standard InChI is InChI=1S/C13H17FO2S/c1-4-16-12(15)13(2,3)17-11-7-5-6-10(8-11)9-14/h5-8H,4,9H2,1-3H3. The number of esters is 1. The predicted octanol–water partition coefficient (Wildman–Crippen LogP) is 3.59. The lowest BCUT2D eigenvalue weighted by Crippen LogP contribution is -2.29. The maximum Gasteiger partial charge on any atom is 0.321 e. The molecule has 0 unspecified atom stereocenters. The zero-order chi connectivity index (χ0) is 12.9. The van der Waals surface area contributed by atoms with Gasteiger partial charge >= 0.3 is 5.97 Å². The molecule has 1 aromatic carbocycles. The first-order valence-electron chi connectivity index (χ1n) is 5.50. The van der Waals surface area contributed by atoms with Crippen LogP contribution in [0.4, 0.5) is 4.39 Å². The summed E-state index contributed by atoms with van der Waals surface area (Å²) >= 11 is 1.38. The van der Waals surface area contributed by atoms with E-state index in [9.17, 15) is 9.18 Å². The summed E-state index contributed by atoms with van der Waals surface area (Å²) in [4.78, 5) is 12.6. The fourth-order valence-corrected chi connectivity index (χ4v) is 2.42. The lowest BCUT2D eigenvalue weighted by molar-refractivity contribution is -0.145. The number of rotatable bonds is 5. The lowest BCUT2D eigenvalue weighted by atomic mass is 10.2. The molecule has 17 heavy (non-hydrogen) atoms. The number of carbonyl (C=O) groups is 1.